The minimum absolute atomic E-state index is 0.0470. The number of nitro groups is 1. The topological polar surface area (TPSA) is 81.6 Å². The molecule has 0 saturated heterocycles. The molecule has 0 aromatic heterocycles. The highest BCUT2D eigenvalue weighted by molar-refractivity contribution is 5.58. The van der Waals surface area contributed by atoms with Crippen molar-refractivity contribution in [3.8, 4) is 0 Å². The third kappa shape index (κ3) is 3.85. The molecule has 1 aliphatic rings. The van der Waals surface area contributed by atoms with E-state index in [9.17, 15) is 10.1 Å². The van der Waals surface area contributed by atoms with Gasteiger partial charge in [0.2, 0.25) is 0 Å². The normalized spacial score (nSPS) is 16.9. The van der Waals surface area contributed by atoms with E-state index in [0.29, 0.717) is 18.7 Å². The maximum atomic E-state index is 11.6. The Bertz CT molecular complexity index is 1020. The summed E-state index contributed by atoms with van der Waals surface area (Å²) in [7, 11) is 0. The lowest BCUT2D eigenvalue weighted by atomic mass is 10.0. The summed E-state index contributed by atoms with van der Waals surface area (Å²) in [6, 6.07) is 22.5. The summed E-state index contributed by atoms with van der Waals surface area (Å²) in [4.78, 5) is 13.3. The highest BCUT2D eigenvalue weighted by Crippen LogP contribution is 2.40. The largest absolute Gasteiger partial charge is 0.349 e. The minimum Gasteiger partial charge on any atom is -0.349 e. The van der Waals surface area contributed by atoms with Crippen LogP contribution in [-0.4, -0.2) is 11.5 Å². The molecule has 29 heavy (non-hydrogen) atoms. The number of benzene rings is 3. The number of hydrogen-bond donors (Lipinski definition) is 1. The second-order valence-electron chi connectivity index (χ2n) is 7.28. The third-order valence-corrected chi connectivity index (χ3v) is 5.28. The van der Waals surface area contributed by atoms with Crippen molar-refractivity contribution >= 4 is 11.4 Å². The summed E-state index contributed by atoms with van der Waals surface area (Å²) in [6.07, 6.45) is -0.581. The van der Waals surface area contributed by atoms with Crippen LogP contribution in [-0.2, 0) is 11.3 Å². The molecule has 148 valence electrons. The van der Waals surface area contributed by atoms with Crippen LogP contribution >= 0.6 is 0 Å². The molecule has 1 heterocycles. The van der Waals surface area contributed by atoms with Gasteiger partial charge < -0.3 is 15.4 Å². The Morgan fingerprint density at radius 2 is 1.79 bits per heavy atom. The Kier molecular flexibility index (Phi) is 5.29. The molecule has 0 aliphatic carbocycles. The number of nitrogens with two attached hydrogens (primary N) is 1. The van der Waals surface area contributed by atoms with Gasteiger partial charge in [0.25, 0.3) is 5.69 Å². The van der Waals surface area contributed by atoms with Crippen LogP contribution in [0.15, 0.2) is 72.8 Å². The number of para-hydroxylation sites is 2. The minimum atomic E-state index is -0.581. The van der Waals surface area contributed by atoms with E-state index in [-0.39, 0.29) is 16.7 Å². The van der Waals surface area contributed by atoms with Crippen LogP contribution < -0.4 is 10.6 Å². The van der Waals surface area contributed by atoms with Crippen LogP contribution in [0, 0.1) is 17.0 Å². The Labute approximate surface area is 169 Å². The number of hydrogen-bond acceptors (Lipinski definition) is 5. The second-order valence-corrected chi connectivity index (χ2v) is 7.28. The Balaban J connectivity index is 1.73. The molecule has 3 aromatic carbocycles. The summed E-state index contributed by atoms with van der Waals surface area (Å²) >= 11 is 0. The smallest absolute Gasteiger partial charge is 0.277 e. The van der Waals surface area contributed by atoms with E-state index in [1.54, 1.807) is 18.2 Å². The number of nitrogens with zero attached hydrogens (tertiary/aromatic N) is 2. The molecule has 0 amide bonds. The van der Waals surface area contributed by atoms with Gasteiger partial charge in [0.05, 0.1) is 17.1 Å². The van der Waals surface area contributed by atoms with Crippen molar-refractivity contribution in [2.24, 2.45) is 5.73 Å². The second kappa shape index (κ2) is 8.03. The van der Waals surface area contributed by atoms with Gasteiger partial charge in [-0.1, -0.05) is 60.2 Å². The van der Waals surface area contributed by atoms with Crippen molar-refractivity contribution in [2.45, 2.75) is 25.8 Å². The van der Waals surface area contributed by atoms with Crippen LogP contribution in [0.4, 0.5) is 11.4 Å². The predicted molar refractivity (Wildman–Crippen MR) is 113 cm³/mol. The molecule has 0 spiro atoms. The van der Waals surface area contributed by atoms with Crippen molar-refractivity contribution in [1.82, 2.24) is 0 Å². The fourth-order valence-corrected chi connectivity index (χ4v) is 3.74. The van der Waals surface area contributed by atoms with Crippen molar-refractivity contribution < 1.29 is 9.66 Å². The summed E-state index contributed by atoms with van der Waals surface area (Å²) in [6.45, 7) is 2.90. The van der Waals surface area contributed by atoms with Crippen molar-refractivity contribution in [3.05, 3.63) is 105 Å². The first-order chi connectivity index (χ1) is 14.0. The van der Waals surface area contributed by atoms with Gasteiger partial charge in [0, 0.05) is 29.9 Å². The maximum Gasteiger partial charge on any atom is 0.277 e. The van der Waals surface area contributed by atoms with E-state index in [1.165, 1.54) is 11.6 Å². The SMILES string of the molecule is Cc1ccc(C(N)CN2c3ccccc3COC2c2ccccc2[N+](=O)[O-])cc1. The van der Waals surface area contributed by atoms with Crippen LogP contribution in [0.5, 0.6) is 0 Å². The Morgan fingerprint density at radius 1 is 1.10 bits per heavy atom. The average molecular weight is 389 g/mol. The summed E-state index contributed by atoms with van der Waals surface area (Å²) in [5.41, 5.74) is 11.3. The summed E-state index contributed by atoms with van der Waals surface area (Å²) < 4.78 is 6.12. The fourth-order valence-electron chi connectivity index (χ4n) is 3.74. The third-order valence-electron chi connectivity index (χ3n) is 5.28. The van der Waals surface area contributed by atoms with E-state index in [2.05, 4.69) is 0 Å². The van der Waals surface area contributed by atoms with Crippen molar-refractivity contribution in [3.63, 3.8) is 0 Å². The quantitative estimate of drug-likeness (QED) is 0.508. The molecule has 2 atom stereocenters. The first kappa shape index (κ1) is 19.1. The maximum absolute atomic E-state index is 11.6. The molecular weight excluding hydrogens is 366 g/mol. The molecule has 4 rings (SSSR count). The first-order valence-electron chi connectivity index (χ1n) is 9.56. The molecule has 6 heteroatoms. The van der Waals surface area contributed by atoms with Gasteiger partial charge in [-0.3, -0.25) is 10.1 Å². The average Bonchev–Trinajstić information content (AvgIpc) is 2.74. The van der Waals surface area contributed by atoms with Gasteiger partial charge in [0.15, 0.2) is 6.23 Å². The summed E-state index contributed by atoms with van der Waals surface area (Å²) in [5.74, 6) is 0. The lowest BCUT2D eigenvalue weighted by Gasteiger charge is -2.40. The summed E-state index contributed by atoms with van der Waals surface area (Å²) in [5, 5.41) is 11.6. The Morgan fingerprint density at radius 3 is 2.55 bits per heavy atom. The lowest BCUT2D eigenvalue weighted by molar-refractivity contribution is -0.386. The predicted octanol–water partition coefficient (Wildman–Crippen LogP) is 4.64. The Hall–Kier alpha value is -3.22. The van der Waals surface area contributed by atoms with Crippen molar-refractivity contribution in [1.29, 1.82) is 0 Å². The van der Waals surface area contributed by atoms with E-state index in [0.717, 1.165) is 16.8 Å². The number of nitro benzene ring substituents is 1. The molecule has 2 unspecified atom stereocenters. The van der Waals surface area contributed by atoms with Gasteiger partial charge in [-0.25, -0.2) is 0 Å². The highest BCUT2D eigenvalue weighted by Gasteiger charge is 2.33. The standard InChI is InChI=1S/C23H23N3O3/c1-16-10-12-17(13-11-16)20(24)14-25-21-8-4-2-6-18(21)15-29-23(25)19-7-3-5-9-22(19)26(27)28/h2-13,20,23H,14-15,24H2,1H3. The van der Waals surface area contributed by atoms with E-state index >= 15 is 0 Å². The van der Waals surface area contributed by atoms with Gasteiger partial charge in [-0.2, -0.15) is 0 Å². The van der Waals surface area contributed by atoms with Gasteiger partial charge in [-0.05, 0) is 24.6 Å². The number of fused-ring (bicyclic) bond motifs is 1. The number of anilines is 1. The zero-order valence-electron chi connectivity index (χ0n) is 16.2. The first-order valence-corrected chi connectivity index (χ1v) is 9.56. The number of aryl methyl sites for hydroxylation is 1. The van der Waals surface area contributed by atoms with Gasteiger partial charge in [-0.15, -0.1) is 0 Å². The molecule has 0 radical (unpaired) electrons. The highest BCUT2D eigenvalue weighted by atomic mass is 16.6. The van der Waals surface area contributed by atoms with Crippen LogP contribution in [0.1, 0.15) is 34.5 Å². The molecule has 0 bridgehead atoms. The van der Waals surface area contributed by atoms with Gasteiger partial charge >= 0.3 is 0 Å². The van der Waals surface area contributed by atoms with E-state index in [1.807, 2.05) is 60.4 Å². The van der Waals surface area contributed by atoms with Crippen LogP contribution in [0.2, 0.25) is 0 Å². The van der Waals surface area contributed by atoms with Crippen LogP contribution in [0.3, 0.4) is 0 Å². The molecule has 0 saturated carbocycles. The van der Waals surface area contributed by atoms with E-state index < -0.39 is 6.23 Å². The zero-order chi connectivity index (χ0) is 20.4. The molecule has 3 aromatic rings. The zero-order valence-corrected chi connectivity index (χ0v) is 16.2. The monoisotopic (exact) mass is 389 g/mol. The van der Waals surface area contributed by atoms with Crippen molar-refractivity contribution in [2.75, 3.05) is 11.4 Å². The van der Waals surface area contributed by atoms with Crippen LogP contribution in [0.25, 0.3) is 0 Å². The lowest BCUT2D eigenvalue weighted by Crippen LogP contribution is -2.39. The molecule has 1 aliphatic heterocycles. The van der Waals surface area contributed by atoms with E-state index in [4.69, 9.17) is 10.5 Å². The van der Waals surface area contributed by atoms with Gasteiger partial charge in [0.1, 0.15) is 0 Å². The molecule has 0 fully saturated rings. The number of rotatable bonds is 5. The number of ether oxygens (including phenoxy) is 1. The molecular formula is C23H23N3O3. The molecule has 6 nitrogen and oxygen atoms in total. The molecule has 2 N–H and O–H groups in total. The fraction of sp³-hybridized carbons (Fsp3) is 0.217.